The number of sulfonamides is 1. The molecule has 0 bridgehead atoms. The lowest BCUT2D eigenvalue weighted by molar-refractivity contribution is 0.00414. The molecule has 36 heavy (non-hydrogen) atoms. The Morgan fingerprint density at radius 2 is 1.81 bits per heavy atom. The molecular formula is C23H18Cl3F2N3O4S. The van der Waals surface area contributed by atoms with E-state index in [1.165, 1.54) is 41.2 Å². The zero-order valence-corrected chi connectivity index (χ0v) is 21.4. The van der Waals surface area contributed by atoms with Crippen molar-refractivity contribution in [3.63, 3.8) is 0 Å². The van der Waals surface area contributed by atoms with Crippen LogP contribution in [0.3, 0.4) is 0 Å². The van der Waals surface area contributed by atoms with Gasteiger partial charge in [-0.3, -0.25) is 4.68 Å². The summed E-state index contributed by atoms with van der Waals surface area (Å²) in [5, 5.41) is 5.43. The van der Waals surface area contributed by atoms with Crippen molar-refractivity contribution < 1.29 is 26.7 Å². The molecule has 1 N–H and O–H groups in total. The largest absolute Gasteiger partial charge is 0.445 e. The van der Waals surface area contributed by atoms with Gasteiger partial charge in [0.05, 0.1) is 23.3 Å². The highest BCUT2D eigenvalue weighted by atomic mass is 35.5. The second-order valence-corrected chi connectivity index (χ2v) is 11.0. The second-order valence-electron chi connectivity index (χ2n) is 8.01. The summed E-state index contributed by atoms with van der Waals surface area (Å²) in [6.45, 7) is -0.241. The summed E-state index contributed by atoms with van der Waals surface area (Å²) in [5.41, 5.74) is 1.69. The van der Waals surface area contributed by atoms with Crippen molar-refractivity contribution in [3.05, 3.63) is 86.6 Å². The molecule has 2 aromatic carbocycles. The number of nitrogens with one attached hydrogen (secondary N) is 1. The first kappa shape index (κ1) is 26.4. The number of halogens is 5. The highest BCUT2D eigenvalue weighted by Crippen LogP contribution is 2.40. The third-order valence-electron chi connectivity index (χ3n) is 5.34. The van der Waals surface area contributed by atoms with Crippen LogP contribution in [0.25, 0.3) is 5.57 Å². The van der Waals surface area contributed by atoms with Gasteiger partial charge in [0.15, 0.2) is 0 Å². The molecule has 190 valence electrons. The number of nitrogens with zero attached hydrogens (tertiary/aromatic N) is 2. The monoisotopic (exact) mass is 575 g/mol. The third-order valence-corrected chi connectivity index (χ3v) is 7.51. The molecule has 0 aliphatic heterocycles. The van der Waals surface area contributed by atoms with Crippen molar-refractivity contribution in [3.8, 4) is 0 Å². The minimum Gasteiger partial charge on any atom is -0.445 e. The van der Waals surface area contributed by atoms with Crippen LogP contribution in [0, 0.1) is 0 Å². The predicted octanol–water partition coefficient (Wildman–Crippen LogP) is 5.97. The maximum Gasteiger partial charge on any atom is 0.421 e. The van der Waals surface area contributed by atoms with Crippen LogP contribution in [0.15, 0.2) is 59.6 Å². The van der Waals surface area contributed by atoms with Gasteiger partial charge in [-0.05, 0) is 53.6 Å². The van der Waals surface area contributed by atoms with Gasteiger partial charge in [-0.2, -0.15) is 5.10 Å². The Morgan fingerprint density at radius 1 is 1.11 bits per heavy atom. The number of aromatic nitrogens is 2. The number of carbonyl (C=O) groups is 1. The van der Waals surface area contributed by atoms with Gasteiger partial charge in [0.2, 0.25) is 0 Å². The fourth-order valence-electron chi connectivity index (χ4n) is 3.76. The molecule has 0 saturated heterocycles. The number of allylic oxidation sites excluding steroid dienone is 1. The first-order valence-electron chi connectivity index (χ1n) is 10.4. The minimum absolute atomic E-state index is 0.191. The van der Waals surface area contributed by atoms with E-state index >= 15 is 0 Å². The number of carbonyl (C=O) groups excluding carboxylic acids is 1. The van der Waals surface area contributed by atoms with Crippen molar-refractivity contribution in [1.82, 2.24) is 14.5 Å². The van der Waals surface area contributed by atoms with Crippen LogP contribution in [0.4, 0.5) is 13.6 Å². The molecule has 7 nitrogen and oxygen atoms in total. The first-order chi connectivity index (χ1) is 16.9. The number of ether oxygens (including phenoxy) is 1. The second kappa shape index (κ2) is 10.4. The van der Waals surface area contributed by atoms with E-state index in [0.717, 1.165) is 0 Å². The lowest BCUT2D eigenvalue weighted by atomic mass is 9.89. The van der Waals surface area contributed by atoms with Gasteiger partial charge in [0, 0.05) is 33.5 Å². The van der Waals surface area contributed by atoms with E-state index in [1.54, 1.807) is 22.9 Å². The molecule has 1 amide bonds. The Kier molecular flexibility index (Phi) is 7.61. The van der Waals surface area contributed by atoms with Crippen LogP contribution in [0.1, 0.15) is 23.2 Å². The number of benzene rings is 2. The van der Waals surface area contributed by atoms with Gasteiger partial charge in [-0.15, -0.1) is 0 Å². The molecule has 1 heterocycles. The molecule has 0 unspecified atom stereocenters. The minimum atomic E-state index is -4.20. The fourth-order valence-corrected chi connectivity index (χ4v) is 5.24. The smallest absolute Gasteiger partial charge is 0.421 e. The molecule has 1 aliphatic rings. The predicted molar refractivity (Wildman–Crippen MR) is 132 cm³/mol. The molecule has 0 atom stereocenters. The van der Waals surface area contributed by atoms with Gasteiger partial charge in [0.1, 0.15) is 6.61 Å². The van der Waals surface area contributed by atoms with Crippen LogP contribution in [-0.4, -0.2) is 36.8 Å². The quantitative estimate of drug-likeness (QED) is 0.390. The Hall–Kier alpha value is -2.66. The van der Waals surface area contributed by atoms with Gasteiger partial charge < -0.3 is 4.74 Å². The number of fused-ring (bicyclic) bond motifs is 1. The fraction of sp³-hybridized carbons (Fsp3) is 0.217. The molecular weight excluding hydrogens is 559 g/mol. The van der Waals surface area contributed by atoms with Crippen molar-refractivity contribution in [2.45, 2.75) is 30.2 Å². The number of hydrogen-bond acceptors (Lipinski definition) is 5. The number of hydrogen-bond donors (Lipinski definition) is 1. The third kappa shape index (κ3) is 6.18. The average molecular weight is 577 g/mol. The summed E-state index contributed by atoms with van der Waals surface area (Å²) >= 11 is 17.9. The van der Waals surface area contributed by atoms with Crippen LogP contribution >= 0.6 is 34.8 Å². The van der Waals surface area contributed by atoms with Gasteiger partial charge in [-0.1, -0.05) is 40.9 Å². The van der Waals surface area contributed by atoms with E-state index in [-0.39, 0.29) is 17.0 Å². The zero-order chi connectivity index (χ0) is 26.1. The highest BCUT2D eigenvalue weighted by Gasteiger charge is 2.39. The molecule has 1 aliphatic carbocycles. The topological polar surface area (TPSA) is 90.3 Å². The van der Waals surface area contributed by atoms with E-state index in [0.29, 0.717) is 31.9 Å². The number of amides is 1. The van der Waals surface area contributed by atoms with Crippen molar-refractivity contribution in [2.24, 2.45) is 0 Å². The molecule has 13 heteroatoms. The summed E-state index contributed by atoms with van der Waals surface area (Å²) in [4.78, 5) is 11.9. The van der Waals surface area contributed by atoms with Crippen molar-refractivity contribution >= 4 is 56.5 Å². The van der Waals surface area contributed by atoms with Crippen LogP contribution < -0.4 is 4.72 Å². The van der Waals surface area contributed by atoms with E-state index in [4.69, 9.17) is 39.5 Å². The maximum absolute atomic E-state index is 14.4. The molecule has 1 aromatic heterocycles. The summed E-state index contributed by atoms with van der Waals surface area (Å²) < 4.78 is 61.6. The normalized spacial score (nSPS) is 16.0. The van der Waals surface area contributed by atoms with Crippen LogP contribution in [0.5, 0.6) is 0 Å². The molecule has 0 saturated carbocycles. The summed E-state index contributed by atoms with van der Waals surface area (Å²) in [5.74, 6) is -3.02. The summed E-state index contributed by atoms with van der Waals surface area (Å²) in [6, 6.07) is 10.1. The lowest BCUT2D eigenvalue weighted by Crippen LogP contribution is -2.31. The first-order valence-corrected chi connectivity index (χ1v) is 13.1. The Labute approximate surface area is 220 Å². The molecule has 0 fully saturated rings. The highest BCUT2D eigenvalue weighted by molar-refractivity contribution is 7.90. The van der Waals surface area contributed by atoms with Crippen LogP contribution in [-0.2, 0) is 27.7 Å². The average Bonchev–Trinajstić information content (AvgIpc) is 3.17. The molecule has 0 spiro atoms. The number of alkyl halides is 2. The zero-order valence-electron chi connectivity index (χ0n) is 18.4. The SMILES string of the molecule is O=C(NS(=O)(=O)c1ccc(Cl)cc1)OC/C=C1\CC(F)(F)Cc2cnn(Cc3ccc(Cl)cc3Cl)c21. The summed E-state index contributed by atoms with van der Waals surface area (Å²) in [7, 11) is -4.20. The van der Waals surface area contributed by atoms with E-state index in [9.17, 15) is 22.0 Å². The molecule has 4 rings (SSSR count). The Morgan fingerprint density at radius 3 is 2.50 bits per heavy atom. The van der Waals surface area contributed by atoms with Crippen molar-refractivity contribution in [1.29, 1.82) is 0 Å². The van der Waals surface area contributed by atoms with Crippen molar-refractivity contribution in [2.75, 3.05) is 6.61 Å². The van der Waals surface area contributed by atoms with Crippen LogP contribution in [0.2, 0.25) is 15.1 Å². The van der Waals surface area contributed by atoms with E-state index in [2.05, 4.69) is 5.10 Å². The van der Waals surface area contributed by atoms with E-state index < -0.39 is 41.5 Å². The Balaban J connectivity index is 1.50. The van der Waals surface area contributed by atoms with Gasteiger partial charge >= 0.3 is 6.09 Å². The van der Waals surface area contributed by atoms with Gasteiger partial charge in [0.25, 0.3) is 15.9 Å². The lowest BCUT2D eigenvalue weighted by Gasteiger charge is -2.25. The number of rotatable bonds is 6. The standard InChI is InChI=1S/C23H18Cl3F2N3O4S/c24-17-3-5-19(6-4-17)36(33,34)30-22(32)35-8-7-14-10-23(27,28)11-16-12-29-31(21(14)16)13-15-1-2-18(25)9-20(15)26/h1-7,9,12H,8,10-11,13H2,(H,30,32)/b14-7+. The van der Waals surface area contributed by atoms with E-state index in [1.807, 2.05) is 0 Å². The van der Waals surface area contributed by atoms with Gasteiger partial charge in [-0.25, -0.2) is 26.7 Å². The molecule has 0 radical (unpaired) electrons. The molecule has 3 aromatic rings. The summed E-state index contributed by atoms with van der Waals surface area (Å²) in [6.07, 6.45) is 0.322. The maximum atomic E-state index is 14.4. The Bertz CT molecular complexity index is 1440.